The van der Waals surface area contributed by atoms with Gasteiger partial charge >= 0.3 is 0 Å². The summed E-state index contributed by atoms with van der Waals surface area (Å²) in [5, 5.41) is 15.9. The van der Waals surface area contributed by atoms with Gasteiger partial charge in [-0.2, -0.15) is 0 Å². The lowest BCUT2D eigenvalue weighted by Crippen LogP contribution is -2.35. The third-order valence-corrected chi connectivity index (χ3v) is 3.74. The molecule has 3 N–H and O–H groups in total. The Morgan fingerprint density at radius 1 is 1.00 bits per heavy atom. The lowest BCUT2D eigenvalue weighted by atomic mass is 10.2. The summed E-state index contributed by atoms with van der Waals surface area (Å²) in [4.78, 5) is 12.3. The number of hydrogen-bond acceptors (Lipinski definition) is 5. The Labute approximate surface area is 172 Å². The monoisotopic (exact) mass is 408 g/mol. The van der Waals surface area contributed by atoms with E-state index in [1.807, 2.05) is 20.8 Å². The molecule has 6 nitrogen and oxygen atoms in total. The number of carbonyl (C=O) groups excluding carboxylic acids is 1. The predicted molar refractivity (Wildman–Crippen MR) is 114 cm³/mol. The second-order valence-corrected chi connectivity index (χ2v) is 6.46. The Morgan fingerprint density at radius 3 is 2.14 bits per heavy atom. The molecule has 0 aliphatic carbocycles. The van der Waals surface area contributed by atoms with Crippen LogP contribution < -0.4 is 20.1 Å². The van der Waals surface area contributed by atoms with Crippen LogP contribution in [0.4, 0.5) is 5.69 Å². The van der Waals surface area contributed by atoms with Crippen LogP contribution >= 0.6 is 12.4 Å². The van der Waals surface area contributed by atoms with Gasteiger partial charge in [0.1, 0.15) is 24.2 Å². The van der Waals surface area contributed by atoms with E-state index in [1.165, 1.54) is 0 Å². The Bertz CT molecular complexity index is 705. The van der Waals surface area contributed by atoms with Crippen LogP contribution in [0.15, 0.2) is 48.5 Å². The number of amides is 1. The number of hydrogen-bond donors (Lipinski definition) is 3. The quantitative estimate of drug-likeness (QED) is 0.560. The summed E-state index contributed by atoms with van der Waals surface area (Å²) >= 11 is 0. The highest BCUT2D eigenvalue weighted by Gasteiger charge is 2.08. The van der Waals surface area contributed by atoms with Crippen LogP contribution in [0.25, 0.3) is 0 Å². The number of rotatable bonds is 10. The fourth-order valence-corrected chi connectivity index (χ4v) is 2.33. The van der Waals surface area contributed by atoms with Gasteiger partial charge in [-0.05, 0) is 55.5 Å². The van der Waals surface area contributed by atoms with Gasteiger partial charge in [-0.1, -0.05) is 13.8 Å². The van der Waals surface area contributed by atoms with E-state index < -0.39 is 6.10 Å². The van der Waals surface area contributed by atoms with Crippen LogP contribution in [0.5, 0.6) is 11.5 Å². The van der Waals surface area contributed by atoms with Crippen molar-refractivity contribution < 1.29 is 19.4 Å². The van der Waals surface area contributed by atoms with Gasteiger partial charge in [0, 0.05) is 23.8 Å². The second-order valence-electron chi connectivity index (χ2n) is 6.46. The molecule has 0 aromatic heterocycles. The van der Waals surface area contributed by atoms with Crippen molar-refractivity contribution in [2.75, 3.05) is 25.1 Å². The van der Waals surface area contributed by atoms with Crippen molar-refractivity contribution in [1.82, 2.24) is 5.32 Å². The van der Waals surface area contributed by atoms with Gasteiger partial charge in [-0.25, -0.2) is 0 Å². The van der Waals surface area contributed by atoms with Gasteiger partial charge in [0.15, 0.2) is 0 Å². The van der Waals surface area contributed by atoms with Crippen LogP contribution in [-0.4, -0.2) is 42.9 Å². The molecule has 2 aromatic rings. The number of carbonyl (C=O) groups is 1. The number of nitrogens with one attached hydrogen (secondary N) is 2. The highest BCUT2D eigenvalue weighted by Crippen LogP contribution is 2.18. The maximum absolute atomic E-state index is 12.3. The molecule has 28 heavy (non-hydrogen) atoms. The van der Waals surface area contributed by atoms with Crippen molar-refractivity contribution in [2.24, 2.45) is 0 Å². The zero-order valence-electron chi connectivity index (χ0n) is 16.5. The van der Waals surface area contributed by atoms with Gasteiger partial charge in [0.25, 0.3) is 5.91 Å². The summed E-state index contributed by atoms with van der Waals surface area (Å²) in [5.74, 6) is 1.18. The topological polar surface area (TPSA) is 79.8 Å². The van der Waals surface area contributed by atoms with Gasteiger partial charge in [-0.15, -0.1) is 12.4 Å². The van der Waals surface area contributed by atoms with E-state index in [-0.39, 0.29) is 24.9 Å². The molecule has 0 saturated carbocycles. The minimum atomic E-state index is -0.577. The maximum atomic E-state index is 12.3. The van der Waals surface area contributed by atoms with E-state index in [1.54, 1.807) is 48.5 Å². The molecule has 2 rings (SSSR count). The molecule has 0 heterocycles. The van der Waals surface area contributed by atoms with Crippen molar-refractivity contribution >= 4 is 24.0 Å². The standard InChI is InChI=1S/C21H28N2O4.ClH/c1-4-26-19-9-5-16(6-10-19)21(25)23-17-7-11-20(12-8-17)27-14-18(24)13-22-15(2)3;/h5-12,15,18,22,24H,4,13-14H2,1-3H3,(H,23,25);1H. The first-order chi connectivity index (χ1) is 13.0. The summed E-state index contributed by atoms with van der Waals surface area (Å²) < 4.78 is 10.9. The summed E-state index contributed by atoms with van der Waals surface area (Å²) in [5.41, 5.74) is 1.22. The van der Waals surface area contributed by atoms with Crippen molar-refractivity contribution in [2.45, 2.75) is 32.9 Å². The minimum absolute atomic E-state index is 0. The largest absolute Gasteiger partial charge is 0.494 e. The first-order valence-electron chi connectivity index (χ1n) is 9.16. The van der Waals surface area contributed by atoms with Crippen molar-refractivity contribution in [3.63, 3.8) is 0 Å². The SMILES string of the molecule is CCOc1ccc(C(=O)Nc2ccc(OCC(O)CNC(C)C)cc2)cc1.Cl. The Kier molecular flexibility index (Phi) is 10.4. The molecule has 1 unspecified atom stereocenters. The lowest BCUT2D eigenvalue weighted by molar-refractivity contribution is 0.102. The van der Waals surface area contributed by atoms with Crippen LogP contribution in [0.3, 0.4) is 0 Å². The number of anilines is 1. The van der Waals surface area contributed by atoms with Crippen LogP contribution in [-0.2, 0) is 0 Å². The summed E-state index contributed by atoms with van der Waals surface area (Å²) in [6.07, 6.45) is -0.577. The van der Waals surface area contributed by atoms with Crippen molar-refractivity contribution in [1.29, 1.82) is 0 Å². The van der Waals surface area contributed by atoms with Gasteiger partial charge in [-0.3, -0.25) is 4.79 Å². The average molecular weight is 409 g/mol. The Balaban J connectivity index is 0.00000392. The van der Waals surface area contributed by atoms with Crippen molar-refractivity contribution in [3.8, 4) is 11.5 Å². The first kappa shape index (κ1) is 23.8. The third-order valence-electron chi connectivity index (χ3n) is 3.74. The predicted octanol–water partition coefficient (Wildman–Crippen LogP) is 3.50. The van der Waals surface area contributed by atoms with Crippen LogP contribution in [0.2, 0.25) is 0 Å². The minimum Gasteiger partial charge on any atom is -0.494 e. The fourth-order valence-electron chi connectivity index (χ4n) is 2.33. The zero-order valence-corrected chi connectivity index (χ0v) is 17.3. The Hall–Kier alpha value is -2.28. The number of benzene rings is 2. The van der Waals surface area contributed by atoms with Gasteiger partial charge in [0.05, 0.1) is 6.61 Å². The molecule has 0 bridgehead atoms. The van der Waals surface area contributed by atoms with Crippen LogP contribution in [0.1, 0.15) is 31.1 Å². The average Bonchev–Trinajstić information content (AvgIpc) is 2.66. The molecule has 1 amide bonds. The van der Waals surface area contributed by atoms with E-state index in [0.717, 1.165) is 5.75 Å². The highest BCUT2D eigenvalue weighted by molar-refractivity contribution is 6.04. The van der Waals surface area contributed by atoms with E-state index in [4.69, 9.17) is 9.47 Å². The first-order valence-corrected chi connectivity index (χ1v) is 9.16. The van der Waals surface area contributed by atoms with Gasteiger partial charge in [0.2, 0.25) is 0 Å². The molecule has 0 fully saturated rings. The summed E-state index contributed by atoms with van der Waals surface area (Å²) in [6, 6.07) is 14.4. The third kappa shape index (κ3) is 8.17. The van der Waals surface area contributed by atoms with Crippen LogP contribution in [0, 0.1) is 0 Å². The Morgan fingerprint density at radius 2 is 1.57 bits per heavy atom. The second kappa shape index (κ2) is 12.2. The molecule has 1 atom stereocenters. The number of ether oxygens (including phenoxy) is 2. The normalized spacial score (nSPS) is 11.5. The molecule has 0 aliphatic rings. The molecule has 7 heteroatoms. The molecule has 0 radical (unpaired) electrons. The summed E-state index contributed by atoms with van der Waals surface area (Å²) in [6.45, 7) is 7.23. The smallest absolute Gasteiger partial charge is 0.255 e. The van der Waals surface area contributed by atoms with Gasteiger partial charge < -0.3 is 25.2 Å². The maximum Gasteiger partial charge on any atom is 0.255 e. The number of aliphatic hydroxyl groups excluding tert-OH is 1. The molecule has 154 valence electrons. The number of halogens is 1. The molecular formula is C21H29ClN2O4. The molecule has 2 aromatic carbocycles. The van der Waals surface area contributed by atoms with E-state index >= 15 is 0 Å². The molecule has 0 aliphatic heterocycles. The van der Waals surface area contributed by atoms with E-state index in [2.05, 4.69) is 10.6 Å². The van der Waals surface area contributed by atoms with Crippen molar-refractivity contribution in [3.05, 3.63) is 54.1 Å². The molecule has 0 spiro atoms. The van der Waals surface area contributed by atoms with E-state index in [0.29, 0.717) is 36.2 Å². The fraction of sp³-hybridized carbons (Fsp3) is 0.381. The summed E-state index contributed by atoms with van der Waals surface area (Å²) in [7, 11) is 0. The van der Waals surface area contributed by atoms with E-state index in [9.17, 15) is 9.90 Å². The highest BCUT2D eigenvalue weighted by atomic mass is 35.5. The zero-order chi connectivity index (χ0) is 19.6. The molecule has 0 saturated heterocycles. The number of aliphatic hydroxyl groups is 1. The molecular weight excluding hydrogens is 380 g/mol. The lowest BCUT2D eigenvalue weighted by Gasteiger charge is -2.15.